The average molecular weight is 524 g/mol. The van der Waals surface area contributed by atoms with Gasteiger partial charge < -0.3 is 26.0 Å². The van der Waals surface area contributed by atoms with Gasteiger partial charge in [-0.05, 0) is 79.9 Å². The molecule has 0 atom stereocenters. The van der Waals surface area contributed by atoms with Crippen LogP contribution in [0.15, 0.2) is 78.9 Å². The molecule has 196 valence electrons. The Morgan fingerprint density at radius 3 is 2.23 bits per heavy atom. The first kappa shape index (κ1) is 24.4. The smallest absolute Gasteiger partial charge is 0.240 e. The lowest BCUT2D eigenvalue weighted by Crippen LogP contribution is -2.35. The number of pyridine rings is 1. The number of carbonyl (C=O) groups excluding carboxylic acids is 2. The van der Waals surface area contributed by atoms with Crippen molar-refractivity contribution in [2.24, 2.45) is 5.41 Å². The van der Waals surface area contributed by atoms with Crippen molar-refractivity contribution in [3.05, 3.63) is 95.9 Å². The normalized spacial score (nSPS) is 14.4. The number of nitrogens with zero attached hydrogens (tertiary/aromatic N) is 1. The van der Waals surface area contributed by atoms with Crippen LogP contribution in [0, 0.1) is 18.2 Å². The lowest BCUT2D eigenvalue weighted by atomic mass is 10.0. The topological polar surface area (TPSA) is 104 Å². The Hall–Kier alpha value is -4.92. The number of ether oxygens (including phenoxy) is 1. The first-order valence-corrected chi connectivity index (χ1v) is 12.7. The van der Waals surface area contributed by atoms with Crippen LogP contribution in [0.5, 0.6) is 11.5 Å². The number of anilines is 5. The highest BCUT2D eigenvalue weighted by atomic mass is 19.1. The van der Waals surface area contributed by atoms with Crippen molar-refractivity contribution in [3.8, 4) is 11.5 Å². The van der Waals surface area contributed by atoms with E-state index in [1.54, 1.807) is 24.3 Å². The van der Waals surface area contributed by atoms with Gasteiger partial charge >= 0.3 is 0 Å². The molecule has 0 bridgehead atoms. The molecule has 1 aliphatic heterocycles. The van der Waals surface area contributed by atoms with Gasteiger partial charge in [-0.3, -0.25) is 9.59 Å². The van der Waals surface area contributed by atoms with Crippen LogP contribution in [0.3, 0.4) is 0 Å². The summed E-state index contributed by atoms with van der Waals surface area (Å²) in [5, 5.41) is 12.4. The summed E-state index contributed by atoms with van der Waals surface area (Å²) in [6.45, 7) is 2.53. The number of benzene rings is 3. The first-order chi connectivity index (χ1) is 18.9. The van der Waals surface area contributed by atoms with Crippen molar-refractivity contribution in [1.82, 2.24) is 4.98 Å². The van der Waals surface area contributed by atoms with Gasteiger partial charge in [0.05, 0.1) is 0 Å². The molecule has 1 aliphatic carbocycles. The van der Waals surface area contributed by atoms with Gasteiger partial charge in [-0.15, -0.1) is 0 Å². The Kier molecular flexibility index (Phi) is 6.11. The monoisotopic (exact) mass is 523 g/mol. The van der Waals surface area contributed by atoms with E-state index in [1.165, 1.54) is 24.3 Å². The van der Waals surface area contributed by atoms with Crippen LogP contribution in [0.1, 0.15) is 24.1 Å². The lowest BCUT2D eigenvalue weighted by Gasteiger charge is -2.17. The molecule has 2 heterocycles. The predicted molar refractivity (Wildman–Crippen MR) is 148 cm³/mol. The third-order valence-corrected chi connectivity index (χ3v) is 6.90. The van der Waals surface area contributed by atoms with Gasteiger partial charge in [-0.2, -0.15) is 0 Å². The average Bonchev–Trinajstić information content (AvgIpc) is 3.75. The maximum Gasteiger partial charge on any atom is 0.240 e. The molecule has 0 spiro atoms. The van der Waals surface area contributed by atoms with Crippen molar-refractivity contribution >= 4 is 40.4 Å². The maximum absolute atomic E-state index is 13.2. The van der Waals surface area contributed by atoms with Crippen LogP contribution in [0.25, 0.3) is 0 Å². The van der Waals surface area contributed by atoms with Crippen LogP contribution < -0.4 is 26.0 Å². The molecule has 0 saturated heterocycles. The molecule has 1 saturated carbocycles. The second-order valence-electron chi connectivity index (χ2n) is 9.74. The van der Waals surface area contributed by atoms with Gasteiger partial charge in [-0.25, -0.2) is 9.37 Å². The fraction of sp³-hybridized carbons (Fsp3) is 0.167. The Morgan fingerprint density at radius 2 is 1.56 bits per heavy atom. The highest BCUT2D eigenvalue weighted by molar-refractivity contribution is 6.16. The predicted octanol–water partition coefficient (Wildman–Crippen LogP) is 6.35. The molecular weight excluding hydrogens is 497 g/mol. The van der Waals surface area contributed by atoms with Gasteiger partial charge in [0.15, 0.2) is 11.6 Å². The summed E-state index contributed by atoms with van der Waals surface area (Å²) < 4.78 is 19.4. The van der Waals surface area contributed by atoms with Crippen molar-refractivity contribution < 1.29 is 18.7 Å². The molecule has 4 N–H and O–H groups in total. The number of amides is 2. The molecular formula is C30H26FN5O3. The van der Waals surface area contributed by atoms with E-state index >= 15 is 0 Å². The molecule has 4 aromatic rings. The van der Waals surface area contributed by atoms with Crippen molar-refractivity contribution in [3.63, 3.8) is 0 Å². The zero-order valence-corrected chi connectivity index (χ0v) is 21.2. The molecule has 39 heavy (non-hydrogen) atoms. The highest BCUT2D eigenvalue weighted by Crippen LogP contribution is 2.47. The zero-order valence-electron chi connectivity index (χ0n) is 21.2. The fourth-order valence-electron chi connectivity index (χ4n) is 4.54. The van der Waals surface area contributed by atoms with E-state index in [0.29, 0.717) is 48.1 Å². The maximum atomic E-state index is 13.2. The van der Waals surface area contributed by atoms with Crippen LogP contribution in [-0.2, 0) is 16.1 Å². The van der Waals surface area contributed by atoms with E-state index < -0.39 is 17.1 Å². The summed E-state index contributed by atoms with van der Waals surface area (Å²) in [5.74, 6) is 0.729. The van der Waals surface area contributed by atoms with Gasteiger partial charge in [0.25, 0.3) is 0 Å². The third kappa shape index (κ3) is 4.98. The molecule has 1 fully saturated rings. The lowest BCUT2D eigenvalue weighted by molar-refractivity contribution is -0.131. The van der Waals surface area contributed by atoms with E-state index in [1.807, 2.05) is 31.2 Å². The van der Waals surface area contributed by atoms with Gasteiger partial charge in [0.2, 0.25) is 11.8 Å². The number of carbonyl (C=O) groups is 2. The Morgan fingerprint density at radius 1 is 0.923 bits per heavy atom. The largest absolute Gasteiger partial charge is 0.455 e. The number of aromatic nitrogens is 1. The summed E-state index contributed by atoms with van der Waals surface area (Å²) in [6.07, 6.45) is 0.898. The molecule has 0 unspecified atom stereocenters. The van der Waals surface area contributed by atoms with Crippen LogP contribution >= 0.6 is 0 Å². The Balaban J connectivity index is 1.13. The Labute approximate surface area is 224 Å². The van der Waals surface area contributed by atoms with Crippen molar-refractivity contribution in [1.29, 1.82) is 0 Å². The van der Waals surface area contributed by atoms with Crippen LogP contribution in [0.2, 0.25) is 0 Å². The minimum Gasteiger partial charge on any atom is -0.455 e. The standard InChI is InChI=1S/C30H26FN5O3/c1-18-16-25(26-27(33-18)36-24-5-3-2-4-19(24)17-32-26)39-23-12-10-22(11-13-23)35-29(38)30(14-15-30)28(37)34-21-8-6-20(31)7-9-21/h2-13,16,32H,14-15,17H2,1H3,(H,33,36)(H,34,37)(H,35,38). The van der Waals surface area contributed by atoms with Crippen molar-refractivity contribution in [2.45, 2.75) is 26.3 Å². The summed E-state index contributed by atoms with van der Waals surface area (Å²) >= 11 is 0. The quantitative estimate of drug-likeness (QED) is 0.220. The van der Waals surface area contributed by atoms with Crippen molar-refractivity contribution in [2.75, 3.05) is 21.3 Å². The summed E-state index contributed by atoms with van der Waals surface area (Å²) in [7, 11) is 0. The number of hydrogen-bond donors (Lipinski definition) is 4. The van der Waals surface area contributed by atoms with E-state index in [0.717, 1.165) is 22.6 Å². The minimum absolute atomic E-state index is 0.374. The molecule has 6 rings (SSSR count). The van der Waals surface area contributed by atoms with Gasteiger partial charge in [0.1, 0.15) is 22.7 Å². The molecule has 9 heteroatoms. The number of para-hydroxylation sites is 1. The molecule has 8 nitrogen and oxygen atoms in total. The second kappa shape index (κ2) is 9.75. The van der Waals surface area contributed by atoms with Gasteiger partial charge in [0, 0.05) is 35.4 Å². The van der Waals surface area contributed by atoms with E-state index in [2.05, 4.69) is 32.3 Å². The van der Waals surface area contributed by atoms with Crippen LogP contribution in [0.4, 0.5) is 33.0 Å². The first-order valence-electron chi connectivity index (χ1n) is 12.7. The number of aryl methyl sites for hydroxylation is 1. The number of rotatable bonds is 6. The molecule has 1 aromatic heterocycles. The number of nitrogens with one attached hydrogen (secondary N) is 4. The SMILES string of the molecule is Cc1cc(Oc2ccc(NC(=O)C3(C(=O)Nc4ccc(F)cc4)CC3)cc2)c2c(n1)Nc1ccccc1CN2. The number of fused-ring (bicyclic) bond motifs is 2. The Bertz CT molecular complexity index is 1570. The summed E-state index contributed by atoms with van der Waals surface area (Å²) in [4.78, 5) is 30.5. The van der Waals surface area contributed by atoms with E-state index in [-0.39, 0.29) is 5.91 Å². The number of halogens is 1. The molecule has 3 aromatic carbocycles. The number of hydrogen-bond acceptors (Lipinski definition) is 6. The molecule has 2 aliphatic rings. The van der Waals surface area contributed by atoms with Gasteiger partial charge in [-0.1, -0.05) is 18.2 Å². The highest BCUT2D eigenvalue weighted by Gasteiger charge is 2.56. The molecule has 2 amide bonds. The molecule has 0 radical (unpaired) electrons. The summed E-state index contributed by atoms with van der Waals surface area (Å²) in [6, 6.07) is 22.3. The van der Waals surface area contributed by atoms with Crippen LogP contribution in [-0.4, -0.2) is 16.8 Å². The van der Waals surface area contributed by atoms with E-state index in [4.69, 9.17) is 4.74 Å². The minimum atomic E-state index is -1.13. The zero-order chi connectivity index (χ0) is 27.0. The third-order valence-electron chi connectivity index (χ3n) is 6.90. The second-order valence-corrected chi connectivity index (χ2v) is 9.74. The summed E-state index contributed by atoms with van der Waals surface area (Å²) in [5.41, 5.74) is 3.54. The van der Waals surface area contributed by atoms with E-state index in [9.17, 15) is 14.0 Å². The fourth-order valence-corrected chi connectivity index (χ4v) is 4.54.